The summed E-state index contributed by atoms with van der Waals surface area (Å²) in [4.78, 5) is 11.2. The molecule has 0 aromatic carbocycles. The number of nitrogens with zero attached hydrogens (tertiary/aromatic N) is 3. The van der Waals surface area contributed by atoms with Gasteiger partial charge in [0.15, 0.2) is 0 Å². The van der Waals surface area contributed by atoms with Gasteiger partial charge in [0.25, 0.3) is 0 Å². The molecular weight excluding hydrogens is 218 g/mol. The Kier molecular flexibility index (Phi) is 3.73. The van der Waals surface area contributed by atoms with Crippen LogP contribution in [0.15, 0.2) is 6.20 Å². The lowest BCUT2D eigenvalue weighted by Gasteiger charge is -2.28. The fourth-order valence-electron chi connectivity index (χ4n) is 2.37. The van der Waals surface area contributed by atoms with Crippen molar-refractivity contribution < 1.29 is 4.79 Å². The van der Waals surface area contributed by atoms with Crippen LogP contribution in [0.2, 0.25) is 0 Å². The number of aromatic nitrogens is 3. The van der Waals surface area contributed by atoms with E-state index >= 15 is 0 Å². The van der Waals surface area contributed by atoms with Crippen molar-refractivity contribution in [3.8, 4) is 0 Å². The minimum atomic E-state index is -0.274. The van der Waals surface area contributed by atoms with Crippen LogP contribution in [0.25, 0.3) is 0 Å². The molecule has 0 spiro atoms. The first-order valence-electron chi connectivity index (χ1n) is 6.13. The molecule has 17 heavy (non-hydrogen) atoms. The maximum atomic E-state index is 11.2. The van der Waals surface area contributed by atoms with Gasteiger partial charge in [-0.2, -0.15) is 0 Å². The van der Waals surface area contributed by atoms with Gasteiger partial charge in [-0.1, -0.05) is 12.1 Å². The summed E-state index contributed by atoms with van der Waals surface area (Å²) in [6.07, 6.45) is 4.58. The maximum absolute atomic E-state index is 11.2. The van der Waals surface area contributed by atoms with E-state index in [1.165, 1.54) is 0 Å². The number of nitrogens with one attached hydrogen (secondary N) is 1. The number of hydrogen-bond donors (Lipinski definition) is 2. The summed E-state index contributed by atoms with van der Waals surface area (Å²) in [5.74, 6) is 0.0551. The number of amides is 1. The average molecular weight is 237 g/mol. The van der Waals surface area contributed by atoms with Crippen molar-refractivity contribution in [2.24, 2.45) is 5.73 Å². The molecule has 1 aromatic rings. The maximum Gasteiger partial charge on any atom is 0.234 e. The van der Waals surface area contributed by atoms with E-state index in [4.69, 9.17) is 5.73 Å². The largest absolute Gasteiger partial charge is 0.368 e. The molecule has 94 valence electrons. The van der Waals surface area contributed by atoms with Crippen LogP contribution in [-0.4, -0.2) is 33.5 Å². The molecule has 2 rings (SSSR count). The number of primary amides is 1. The van der Waals surface area contributed by atoms with Crippen LogP contribution in [-0.2, 0) is 11.3 Å². The molecule has 0 radical (unpaired) electrons. The number of aryl methyl sites for hydroxylation is 1. The highest BCUT2D eigenvalue weighted by molar-refractivity contribution is 5.80. The van der Waals surface area contributed by atoms with E-state index in [1.54, 1.807) is 0 Å². The van der Waals surface area contributed by atoms with Gasteiger partial charge in [-0.25, -0.2) is 4.68 Å². The fraction of sp³-hybridized carbons (Fsp3) is 0.727. The zero-order chi connectivity index (χ0) is 12.3. The minimum absolute atomic E-state index is 0.223. The number of rotatable bonds is 4. The second-order valence-electron chi connectivity index (χ2n) is 4.51. The molecule has 6 nitrogen and oxygen atoms in total. The highest BCUT2D eigenvalue weighted by Crippen LogP contribution is 2.26. The molecule has 6 heteroatoms. The Morgan fingerprint density at radius 3 is 3.24 bits per heavy atom. The van der Waals surface area contributed by atoms with Crippen molar-refractivity contribution in [2.45, 2.75) is 44.7 Å². The Labute approximate surface area is 101 Å². The first kappa shape index (κ1) is 12.0. The Morgan fingerprint density at radius 1 is 1.71 bits per heavy atom. The fourth-order valence-corrected chi connectivity index (χ4v) is 2.37. The molecular formula is C11H19N5O. The summed E-state index contributed by atoms with van der Waals surface area (Å²) in [5.41, 5.74) is 6.46. The smallest absolute Gasteiger partial charge is 0.234 e. The Morgan fingerprint density at radius 2 is 2.53 bits per heavy atom. The van der Waals surface area contributed by atoms with Crippen LogP contribution >= 0.6 is 0 Å². The minimum Gasteiger partial charge on any atom is -0.368 e. The third-order valence-corrected chi connectivity index (χ3v) is 3.25. The van der Waals surface area contributed by atoms with Gasteiger partial charge in [-0.05, 0) is 25.8 Å². The van der Waals surface area contributed by atoms with Gasteiger partial charge in [0, 0.05) is 12.5 Å². The third kappa shape index (κ3) is 2.63. The van der Waals surface area contributed by atoms with Crippen molar-refractivity contribution in [3.63, 3.8) is 0 Å². The number of piperidine rings is 1. The van der Waals surface area contributed by atoms with Crippen LogP contribution in [0.5, 0.6) is 0 Å². The second kappa shape index (κ2) is 5.27. The zero-order valence-corrected chi connectivity index (χ0v) is 10.1. The topological polar surface area (TPSA) is 85.8 Å². The molecule has 2 atom stereocenters. The predicted octanol–water partition coefficient (Wildman–Crippen LogP) is 0.00900. The first-order chi connectivity index (χ1) is 8.22. The number of hydrogen-bond acceptors (Lipinski definition) is 4. The van der Waals surface area contributed by atoms with E-state index in [0.717, 1.165) is 38.0 Å². The molecule has 0 bridgehead atoms. The molecule has 2 unspecified atom stereocenters. The van der Waals surface area contributed by atoms with Gasteiger partial charge in [0.05, 0.1) is 17.9 Å². The molecule has 1 aliphatic rings. The van der Waals surface area contributed by atoms with Gasteiger partial charge in [0.2, 0.25) is 5.91 Å². The van der Waals surface area contributed by atoms with Crippen LogP contribution < -0.4 is 11.1 Å². The van der Waals surface area contributed by atoms with E-state index in [1.807, 2.05) is 10.9 Å². The van der Waals surface area contributed by atoms with Gasteiger partial charge in [-0.3, -0.25) is 4.79 Å². The molecule has 2 heterocycles. The van der Waals surface area contributed by atoms with E-state index in [9.17, 15) is 4.79 Å². The van der Waals surface area contributed by atoms with Crippen molar-refractivity contribution in [1.29, 1.82) is 0 Å². The lowest BCUT2D eigenvalue weighted by Crippen LogP contribution is -2.46. The monoisotopic (exact) mass is 237 g/mol. The average Bonchev–Trinajstić information content (AvgIpc) is 2.78. The molecule has 3 N–H and O–H groups in total. The van der Waals surface area contributed by atoms with Crippen molar-refractivity contribution >= 4 is 5.91 Å². The molecule has 0 aliphatic carbocycles. The van der Waals surface area contributed by atoms with E-state index in [0.29, 0.717) is 5.92 Å². The molecule has 1 saturated heterocycles. The summed E-state index contributed by atoms with van der Waals surface area (Å²) >= 11 is 0. The Balaban J connectivity index is 2.10. The summed E-state index contributed by atoms with van der Waals surface area (Å²) in [6, 6.07) is -0.223. The first-order valence-corrected chi connectivity index (χ1v) is 6.13. The highest BCUT2D eigenvalue weighted by Gasteiger charge is 2.28. The van der Waals surface area contributed by atoms with Crippen molar-refractivity contribution in [3.05, 3.63) is 11.9 Å². The lowest BCUT2D eigenvalue weighted by molar-refractivity contribution is -0.120. The van der Waals surface area contributed by atoms with Crippen LogP contribution in [0, 0.1) is 0 Å². The van der Waals surface area contributed by atoms with E-state index in [-0.39, 0.29) is 11.9 Å². The quantitative estimate of drug-likeness (QED) is 0.772. The number of carbonyl (C=O) groups is 1. The van der Waals surface area contributed by atoms with Crippen molar-refractivity contribution in [1.82, 2.24) is 20.3 Å². The standard InChI is InChI=1S/C11H19N5O/c1-2-5-16-10(7-14-15-16)8-3-4-13-9(6-8)11(12)17/h7-9,13H,2-6H2,1H3,(H2,12,17). The lowest BCUT2D eigenvalue weighted by atomic mass is 9.89. The van der Waals surface area contributed by atoms with Crippen LogP contribution in [0.3, 0.4) is 0 Å². The van der Waals surface area contributed by atoms with Gasteiger partial charge < -0.3 is 11.1 Å². The SMILES string of the molecule is CCCn1nncc1C1CCNC(C(N)=O)C1. The summed E-state index contributed by atoms with van der Waals surface area (Å²) < 4.78 is 1.94. The molecule has 1 fully saturated rings. The predicted molar refractivity (Wildman–Crippen MR) is 63.3 cm³/mol. The van der Waals surface area contributed by atoms with E-state index < -0.39 is 0 Å². The summed E-state index contributed by atoms with van der Waals surface area (Å²) in [7, 11) is 0. The zero-order valence-electron chi connectivity index (χ0n) is 10.1. The van der Waals surface area contributed by atoms with Crippen LogP contribution in [0.1, 0.15) is 37.8 Å². The Bertz CT molecular complexity index is 389. The number of carbonyl (C=O) groups excluding carboxylic acids is 1. The van der Waals surface area contributed by atoms with Crippen LogP contribution in [0.4, 0.5) is 0 Å². The molecule has 1 aromatic heterocycles. The summed E-state index contributed by atoms with van der Waals surface area (Å²) in [6.45, 7) is 3.80. The highest BCUT2D eigenvalue weighted by atomic mass is 16.1. The van der Waals surface area contributed by atoms with Gasteiger partial charge in [-0.15, -0.1) is 5.10 Å². The summed E-state index contributed by atoms with van der Waals surface area (Å²) in [5, 5.41) is 11.2. The van der Waals surface area contributed by atoms with Crippen molar-refractivity contribution in [2.75, 3.05) is 6.54 Å². The van der Waals surface area contributed by atoms with Gasteiger partial charge in [0.1, 0.15) is 0 Å². The Hall–Kier alpha value is -1.43. The molecule has 0 saturated carbocycles. The second-order valence-corrected chi connectivity index (χ2v) is 4.51. The molecule has 1 amide bonds. The number of nitrogens with two attached hydrogens (primary N) is 1. The molecule has 1 aliphatic heterocycles. The van der Waals surface area contributed by atoms with E-state index in [2.05, 4.69) is 22.6 Å². The van der Waals surface area contributed by atoms with Gasteiger partial charge >= 0.3 is 0 Å². The normalized spacial score (nSPS) is 24.8. The third-order valence-electron chi connectivity index (χ3n) is 3.25.